The quantitative estimate of drug-likeness (QED) is 0.616. The third-order valence-electron chi connectivity index (χ3n) is 5.30. The van der Waals surface area contributed by atoms with Crippen LogP contribution in [0.1, 0.15) is 38.3 Å². The van der Waals surface area contributed by atoms with Gasteiger partial charge < -0.3 is 20.3 Å². The Balaban J connectivity index is 1.55. The van der Waals surface area contributed by atoms with E-state index in [-0.39, 0.29) is 6.04 Å². The Kier molecular flexibility index (Phi) is 7.03. The van der Waals surface area contributed by atoms with E-state index in [9.17, 15) is 0 Å². The molecule has 0 radical (unpaired) electrons. The van der Waals surface area contributed by atoms with Crippen molar-refractivity contribution in [3.05, 3.63) is 53.1 Å². The van der Waals surface area contributed by atoms with Crippen molar-refractivity contribution in [2.24, 2.45) is 5.92 Å². The highest BCUT2D eigenvalue weighted by atomic mass is 35.5. The number of benzene rings is 2. The molecule has 0 spiro atoms. The highest BCUT2D eigenvalue weighted by Crippen LogP contribution is 2.27. The number of thiocarbonyl (C=S) groups is 1. The van der Waals surface area contributed by atoms with Gasteiger partial charge in [-0.1, -0.05) is 30.7 Å². The van der Waals surface area contributed by atoms with Crippen LogP contribution in [-0.4, -0.2) is 25.3 Å². The second kappa shape index (κ2) is 9.48. The number of nitrogens with one attached hydrogen (secondary N) is 2. The van der Waals surface area contributed by atoms with Gasteiger partial charge in [0.05, 0.1) is 18.2 Å². The molecule has 1 aliphatic rings. The van der Waals surface area contributed by atoms with Crippen molar-refractivity contribution >= 4 is 40.3 Å². The van der Waals surface area contributed by atoms with Gasteiger partial charge in [0, 0.05) is 24.5 Å². The minimum absolute atomic E-state index is 0.101. The Bertz CT molecular complexity index is 804. The summed E-state index contributed by atoms with van der Waals surface area (Å²) in [6, 6.07) is 14.4. The van der Waals surface area contributed by atoms with Gasteiger partial charge in [-0.25, -0.2) is 0 Å². The van der Waals surface area contributed by atoms with Gasteiger partial charge >= 0.3 is 0 Å². The molecule has 1 atom stereocenters. The van der Waals surface area contributed by atoms with Gasteiger partial charge in [0.15, 0.2) is 5.11 Å². The van der Waals surface area contributed by atoms with Crippen LogP contribution in [0.15, 0.2) is 42.5 Å². The first kappa shape index (κ1) is 20.7. The fourth-order valence-corrected chi connectivity index (χ4v) is 3.98. The largest absolute Gasteiger partial charge is 0.495 e. The van der Waals surface area contributed by atoms with Gasteiger partial charge in [0.2, 0.25) is 0 Å². The maximum absolute atomic E-state index is 6.17. The SMILES string of the molecule is COc1ccc(NC(=S)N[C@H](C)c2ccc(N3CCC(C)CC3)cc2)cc1Cl. The molecule has 0 saturated carbocycles. The average Bonchev–Trinajstić information content (AvgIpc) is 2.69. The normalized spacial score (nSPS) is 15.8. The molecule has 2 aromatic rings. The topological polar surface area (TPSA) is 36.5 Å². The van der Waals surface area contributed by atoms with Gasteiger partial charge in [-0.15, -0.1) is 0 Å². The Morgan fingerprint density at radius 2 is 1.86 bits per heavy atom. The number of nitrogens with zero attached hydrogens (tertiary/aromatic N) is 1. The van der Waals surface area contributed by atoms with Crippen LogP contribution in [0.4, 0.5) is 11.4 Å². The first-order valence-corrected chi connectivity index (χ1v) is 10.5. The van der Waals surface area contributed by atoms with Gasteiger partial charge in [-0.3, -0.25) is 0 Å². The van der Waals surface area contributed by atoms with E-state index in [1.807, 2.05) is 12.1 Å². The lowest BCUT2D eigenvalue weighted by molar-refractivity contribution is 0.415. The number of ether oxygens (including phenoxy) is 1. The molecule has 1 heterocycles. The van der Waals surface area contributed by atoms with Crippen LogP contribution < -0.4 is 20.3 Å². The molecular formula is C22H28ClN3OS. The number of piperidine rings is 1. The number of halogens is 1. The third kappa shape index (κ3) is 5.30. The minimum Gasteiger partial charge on any atom is -0.495 e. The van der Waals surface area contributed by atoms with Crippen LogP contribution >= 0.6 is 23.8 Å². The maximum atomic E-state index is 6.17. The van der Waals surface area contributed by atoms with Crippen molar-refractivity contribution in [1.29, 1.82) is 0 Å². The lowest BCUT2D eigenvalue weighted by atomic mass is 9.98. The number of hydrogen-bond acceptors (Lipinski definition) is 3. The molecular weight excluding hydrogens is 390 g/mol. The summed E-state index contributed by atoms with van der Waals surface area (Å²) in [4.78, 5) is 2.47. The van der Waals surface area contributed by atoms with E-state index in [1.165, 1.54) is 24.1 Å². The van der Waals surface area contributed by atoms with Crippen LogP contribution in [-0.2, 0) is 0 Å². The molecule has 6 heteroatoms. The third-order valence-corrected chi connectivity index (χ3v) is 5.81. The van der Waals surface area contributed by atoms with Crippen LogP contribution in [0.2, 0.25) is 5.02 Å². The zero-order valence-corrected chi connectivity index (χ0v) is 18.2. The van der Waals surface area contributed by atoms with E-state index in [0.717, 1.165) is 24.7 Å². The molecule has 3 rings (SSSR count). The van der Waals surface area contributed by atoms with Crippen LogP contribution in [0.5, 0.6) is 5.75 Å². The minimum atomic E-state index is 0.101. The fourth-order valence-electron chi connectivity index (χ4n) is 3.43. The Morgan fingerprint density at radius 1 is 1.18 bits per heavy atom. The second-order valence-electron chi connectivity index (χ2n) is 7.43. The number of rotatable bonds is 5. The summed E-state index contributed by atoms with van der Waals surface area (Å²) in [5.74, 6) is 1.48. The van der Waals surface area contributed by atoms with E-state index in [2.05, 4.69) is 53.6 Å². The molecule has 0 aromatic heterocycles. The first-order valence-electron chi connectivity index (χ1n) is 9.72. The highest BCUT2D eigenvalue weighted by molar-refractivity contribution is 7.80. The molecule has 0 bridgehead atoms. The predicted molar refractivity (Wildman–Crippen MR) is 123 cm³/mol. The molecule has 28 heavy (non-hydrogen) atoms. The van der Waals surface area contributed by atoms with Crippen molar-refractivity contribution in [3.8, 4) is 5.75 Å². The number of methoxy groups -OCH3 is 1. The summed E-state index contributed by atoms with van der Waals surface area (Å²) in [7, 11) is 1.60. The molecule has 4 nitrogen and oxygen atoms in total. The standard InChI is InChI=1S/C22H28ClN3OS/c1-15-10-12-26(13-11-15)19-7-4-17(5-8-19)16(2)24-22(28)25-18-6-9-21(27-3)20(23)14-18/h4-9,14-16H,10-13H2,1-3H3,(H2,24,25,28)/t16-/m1/s1. The van der Waals surface area contributed by atoms with Crippen LogP contribution in [0, 0.1) is 5.92 Å². The van der Waals surface area contributed by atoms with Gasteiger partial charge in [-0.05, 0) is 73.8 Å². The van der Waals surface area contributed by atoms with Gasteiger partial charge in [-0.2, -0.15) is 0 Å². The van der Waals surface area contributed by atoms with Crippen molar-refractivity contribution < 1.29 is 4.74 Å². The van der Waals surface area contributed by atoms with Crippen molar-refractivity contribution in [2.75, 3.05) is 30.4 Å². The zero-order chi connectivity index (χ0) is 20.1. The Morgan fingerprint density at radius 3 is 2.46 bits per heavy atom. The maximum Gasteiger partial charge on any atom is 0.171 e. The molecule has 1 saturated heterocycles. The summed E-state index contributed by atoms with van der Waals surface area (Å²) >= 11 is 11.6. The van der Waals surface area contributed by atoms with Crippen molar-refractivity contribution in [2.45, 2.75) is 32.7 Å². The molecule has 0 unspecified atom stereocenters. The summed E-state index contributed by atoms with van der Waals surface area (Å²) in [5, 5.41) is 7.61. The molecule has 0 amide bonds. The van der Waals surface area contributed by atoms with Crippen molar-refractivity contribution in [1.82, 2.24) is 5.32 Å². The Hall–Kier alpha value is -1.98. The Labute approximate surface area is 178 Å². The predicted octanol–water partition coefficient (Wildman–Crippen LogP) is 5.63. The van der Waals surface area contributed by atoms with E-state index in [4.69, 9.17) is 28.6 Å². The monoisotopic (exact) mass is 417 g/mol. The summed E-state index contributed by atoms with van der Waals surface area (Å²) < 4.78 is 5.17. The smallest absolute Gasteiger partial charge is 0.171 e. The molecule has 0 aliphatic carbocycles. The second-order valence-corrected chi connectivity index (χ2v) is 8.25. The van der Waals surface area contributed by atoms with E-state index in [1.54, 1.807) is 13.2 Å². The molecule has 1 aliphatic heterocycles. The van der Waals surface area contributed by atoms with E-state index < -0.39 is 0 Å². The van der Waals surface area contributed by atoms with Gasteiger partial charge in [0.1, 0.15) is 5.75 Å². The first-order chi connectivity index (χ1) is 13.5. The van der Waals surface area contributed by atoms with Crippen LogP contribution in [0.25, 0.3) is 0 Å². The molecule has 2 aromatic carbocycles. The van der Waals surface area contributed by atoms with Gasteiger partial charge in [0.25, 0.3) is 0 Å². The number of anilines is 2. The summed E-state index contributed by atoms with van der Waals surface area (Å²) in [5.41, 5.74) is 3.33. The van der Waals surface area contributed by atoms with E-state index >= 15 is 0 Å². The lowest BCUT2D eigenvalue weighted by Crippen LogP contribution is -2.33. The van der Waals surface area contributed by atoms with E-state index in [0.29, 0.717) is 15.9 Å². The molecule has 2 N–H and O–H groups in total. The zero-order valence-electron chi connectivity index (χ0n) is 16.7. The lowest BCUT2D eigenvalue weighted by Gasteiger charge is -2.32. The average molecular weight is 418 g/mol. The highest BCUT2D eigenvalue weighted by Gasteiger charge is 2.16. The van der Waals surface area contributed by atoms with Crippen LogP contribution in [0.3, 0.4) is 0 Å². The van der Waals surface area contributed by atoms with Crippen molar-refractivity contribution in [3.63, 3.8) is 0 Å². The fraction of sp³-hybridized carbons (Fsp3) is 0.409. The number of hydrogen-bond donors (Lipinski definition) is 2. The summed E-state index contributed by atoms with van der Waals surface area (Å²) in [6.07, 6.45) is 2.55. The molecule has 150 valence electrons. The summed E-state index contributed by atoms with van der Waals surface area (Å²) in [6.45, 7) is 6.73. The molecule has 1 fully saturated rings.